The number of ether oxygens (including phenoxy) is 2. The number of amides is 1. The zero-order valence-electron chi connectivity index (χ0n) is 12.1. The highest BCUT2D eigenvalue weighted by Gasteiger charge is 2.51. The van der Waals surface area contributed by atoms with Gasteiger partial charge < -0.3 is 9.47 Å². The Balaban J connectivity index is 2.16. The lowest BCUT2D eigenvalue weighted by molar-refractivity contribution is 0.00822. The van der Waals surface area contributed by atoms with Crippen molar-refractivity contribution in [1.29, 1.82) is 0 Å². The van der Waals surface area contributed by atoms with Crippen molar-refractivity contribution in [2.45, 2.75) is 58.7 Å². The molecule has 0 bridgehead atoms. The first-order chi connectivity index (χ1) is 8.35. The van der Waals surface area contributed by atoms with Crippen molar-refractivity contribution in [3.8, 4) is 0 Å². The van der Waals surface area contributed by atoms with Crippen LogP contribution in [-0.4, -0.2) is 41.9 Å². The van der Waals surface area contributed by atoms with E-state index in [9.17, 15) is 4.79 Å². The molecule has 2 rings (SSSR count). The van der Waals surface area contributed by atoms with Gasteiger partial charge in [-0.2, -0.15) is 0 Å². The van der Waals surface area contributed by atoms with Crippen LogP contribution in [-0.2, 0) is 9.47 Å². The van der Waals surface area contributed by atoms with E-state index in [1.54, 1.807) is 0 Å². The van der Waals surface area contributed by atoms with Gasteiger partial charge in [-0.05, 0) is 33.1 Å². The van der Waals surface area contributed by atoms with Crippen LogP contribution in [0.4, 0.5) is 4.79 Å². The number of rotatable bonds is 1. The van der Waals surface area contributed by atoms with Crippen LogP contribution in [0.2, 0.25) is 0 Å². The van der Waals surface area contributed by atoms with Gasteiger partial charge in [0.1, 0.15) is 5.60 Å². The summed E-state index contributed by atoms with van der Waals surface area (Å²) in [5.74, 6) is 0.970. The van der Waals surface area contributed by atoms with Crippen LogP contribution in [0.1, 0.15) is 41.0 Å². The molecule has 0 radical (unpaired) electrons. The van der Waals surface area contributed by atoms with Gasteiger partial charge >= 0.3 is 6.09 Å². The first kappa shape index (κ1) is 13.7. The Kier molecular flexibility index (Phi) is 3.58. The average Bonchev–Trinajstić information content (AvgIpc) is 2.77. The molecule has 0 aromatic heterocycles. The summed E-state index contributed by atoms with van der Waals surface area (Å²) in [7, 11) is 0. The van der Waals surface area contributed by atoms with Gasteiger partial charge in [-0.15, -0.1) is 0 Å². The van der Waals surface area contributed by atoms with Gasteiger partial charge in [0.15, 0.2) is 0 Å². The van der Waals surface area contributed by atoms with Crippen molar-refractivity contribution in [3.05, 3.63) is 0 Å². The highest BCUT2D eigenvalue weighted by molar-refractivity contribution is 5.69. The van der Waals surface area contributed by atoms with Gasteiger partial charge in [0.25, 0.3) is 0 Å². The minimum atomic E-state index is -0.434. The first-order valence-electron chi connectivity index (χ1n) is 6.94. The van der Waals surface area contributed by atoms with E-state index in [-0.39, 0.29) is 12.1 Å². The molecule has 2 heterocycles. The van der Waals surface area contributed by atoms with Crippen molar-refractivity contribution in [1.82, 2.24) is 4.90 Å². The predicted octanol–water partition coefficient (Wildman–Crippen LogP) is 2.67. The van der Waals surface area contributed by atoms with Crippen molar-refractivity contribution in [2.24, 2.45) is 11.8 Å². The smallest absolute Gasteiger partial charge is 0.410 e. The van der Waals surface area contributed by atoms with E-state index in [0.717, 1.165) is 13.0 Å². The lowest BCUT2D eigenvalue weighted by Crippen LogP contribution is -2.45. The quantitative estimate of drug-likeness (QED) is 0.723. The maximum atomic E-state index is 12.4. The molecule has 0 saturated carbocycles. The summed E-state index contributed by atoms with van der Waals surface area (Å²) in [6, 6.07) is 0.499. The van der Waals surface area contributed by atoms with Gasteiger partial charge in [-0.3, -0.25) is 4.90 Å². The Hall–Kier alpha value is -0.770. The molecule has 2 aliphatic rings. The molecule has 0 spiro atoms. The summed E-state index contributed by atoms with van der Waals surface area (Å²) in [6.07, 6.45) is 0.798. The molecule has 1 amide bonds. The lowest BCUT2D eigenvalue weighted by Gasteiger charge is -2.32. The van der Waals surface area contributed by atoms with Crippen LogP contribution in [0, 0.1) is 11.8 Å². The summed E-state index contributed by atoms with van der Waals surface area (Å²) in [5, 5.41) is 0. The monoisotopic (exact) mass is 255 g/mol. The number of nitrogens with zero attached hydrogens (tertiary/aromatic N) is 1. The third-order valence-corrected chi connectivity index (χ3v) is 4.11. The van der Waals surface area contributed by atoms with Gasteiger partial charge in [0.2, 0.25) is 0 Å². The third kappa shape index (κ3) is 2.35. The lowest BCUT2D eigenvalue weighted by atomic mass is 9.90. The van der Waals surface area contributed by atoms with E-state index in [4.69, 9.17) is 9.47 Å². The molecule has 1 unspecified atom stereocenters. The maximum absolute atomic E-state index is 12.4. The molecular weight excluding hydrogens is 230 g/mol. The van der Waals surface area contributed by atoms with Crippen molar-refractivity contribution in [2.75, 3.05) is 13.2 Å². The molecule has 18 heavy (non-hydrogen) atoms. The molecule has 2 fully saturated rings. The van der Waals surface area contributed by atoms with Crippen LogP contribution in [0.15, 0.2) is 0 Å². The van der Waals surface area contributed by atoms with Crippen molar-refractivity contribution >= 4 is 6.09 Å². The van der Waals surface area contributed by atoms with Gasteiger partial charge in [-0.1, -0.05) is 13.8 Å². The van der Waals surface area contributed by atoms with Crippen LogP contribution < -0.4 is 0 Å². The summed E-state index contributed by atoms with van der Waals surface area (Å²) >= 11 is 0. The summed E-state index contributed by atoms with van der Waals surface area (Å²) in [5.41, 5.74) is -0.434. The van der Waals surface area contributed by atoms with Crippen LogP contribution in [0.3, 0.4) is 0 Å². The Morgan fingerprint density at radius 3 is 2.61 bits per heavy atom. The summed E-state index contributed by atoms with van der Waals surface area (Å²) in [4.78, 5) is 14.3. The van der Waals surface area contributed by atoms with E-state index in [1.165, 1.54) is 0 Å². The van der Waals surface area contributed by atoms with Crippen LogP contribution >= 0.6 is 0 Å². The predicted molar refractivity (Wildman–Crippen MR) is 69.4 cm³/mol. The van der Waals surface area contributed by atoms with Gasteiger partial charge in [0.05, 0.1) is 19.3 Å². The minimum Gasteiger partial charge on any atom is -0.444 e. The highest BCUT2D eigenvalue weighted by Crippen LogP contribution is 2.40. The number of carbonyl (C=O) groups excluding carboxylic acids is 1. The van der Waals surface area contributed by atoms with Crippen molar-refractivity contribution < 1.29 is 14.3 Å². The van der Waals surface area contributed by atoms with Crippen LogP contribution in [0.5, 0.6) is 0 Å². The molecule has 4 nitrogen and oxygen atoms in total. The Morgan fingerprint density at radius 2 is 2.06 bits per heavy atom. The van der Waals surface area contributed by atoms with E-state index >= 15 is 0 Å². The second-order valence-corrected chi connectivity index (χ2v) is 6.49. The third-order valence-electron chi connectivity index (χ3n) is 4.11. The van der Waals surface area contributed by atoms with E-state index < -0.39 is 5.60 Å². The van der Waals surface area contributed by atoms with Crippen LogP contribution in [0.25, 0.3) is 0 Å². The zero-order valence-corrected chi connectivity index (χ0v) is 12.1. The molecule has 4 atom stereocenters. The molecule has 0 N–H and O–H groups in total. The second-order valence-electron chi connectivity index (χ2n) is 6.49. The Morgan fingerprint density at radius 1 is 1.39 bits per heavy atom. The normalized spacial score (nSPS) is 35.7. The zero-order chi connectivity index (χ0) is 13.5. The Labute approximate surface area is 110 Å². The number of hydrogen-bond donors (Lipinski definition) is 0. The molecular formula is C14H25NO3. The first-order valence-corrected chi connectivity index (χ1v) is 6.94. The van der Waals surface area contributed by atoms with E-state index in [1.807, 2.05) is 25.7 Å². The molecule has 0 aliphatic carbocycles. The molecule has 2 saturated heterocycles. The number of hydrogen-bond acceptors (Lipinski definition) is 3. The van der Waals surface area contributed by atoms with E-state index in [0.29, 0.717) is 24.5 Å². The number of carbonyl (C=O) groups is 1. The van der Waals surface area contributed by atoms with Crippen molar-refractivity contribution in [3.63, 3.8) is 0 Å². The topological polar surface area (TPSA) is 38.8 Å². The number of likely N-dealkylation sites (tertiary alicyclic amines) is 1. The van der Waals surface area contributed by atoms with E-state index in [2.05, 4.69) is 13.8 Å². The summed E-state index contributed by atoms with van der Waals surface area (Å²) < 4.78 is 11.1. The standard InChI is InChI=1S/C14H25NO3/c1-6-11-9(2)10-7-17-8-12(10)15(11)13(16)18-14(3,4)5/h9-12H,6-8H2,1-5H3/t9?,10-,11+,12-/m1/s1. The highest BCUT2D eigenvalue weighted by atomic mass is 16.6. The fourth-order valence-corrected chi connectivity index (χ4v) is 3.29. The molecule has 0 aromatic rings. The van der Waals surface area contributed by atoms with Gasteiger partial charge in [0, 0.05) is 12.0 Å². The molecule has 4 heteroatoms. The average molecular weight is 255 g/mol. The fourth-order valence-electron chi connectivity index (χ4n) is 3.29. The van der Waals surface area contributed by atoms with Gasteiger partial charge in [-0.25, -0.2) is 4.79 Å². The fraction of sp³-hybridized carbons (Fsp3) is 0.929. The second kappa shape index (κ2) is 4.72. The molecule has 0 aromatic carbocycles. The largest absolute Gasteiger partial charge is 0.444 e. The molecule has 104 valence electrons. The summed E-state index contributed by atoms with van der Waals surface area (Å²) in [6.45, 7) is 11.5. The molecule has 2 aliphatic heterocycles. The Bertz CT molecular complexity index is 321. The SMILES string of the molecule is CC[C@H]1C(C)[C@H]2COC[C@H]2N1C(=O)OC(C)(C)C. The maximum Gasteiger partial charge on any atom is 0.410 e. The number of fused-ring (bicyclic) bond motifs is 1. The minimum absolute atomic E-state index is 0.181.